The normalized spacial score (nSPS) is 8.44. The summed E-state index contributed by atoms with van der Waals surface area (Å²) in [6, 6.07) is -0.735. The molecule has 0 fully saturated rings. The highest BCUT2D eigenvalue weighted by atomic mass is 32.2. The summed E-state index contributed by atoms with van der Waals surface area (Å²) < 4.78 is 2.05. The minimum Gasteiger partial charge on any atom is -0.481 e. The molecule has 0 spiro atoms. The molecule has 0 bridgehead atoms. The summed E-state index contributed by atoms with van der Waals surface area (Å²) in [6.45, 7) is 0. The molecule has 4 N–H and O–H groups in total. The zero-order valence-corrected chi connectivity index (χ0v) is 5.27. The van der Waals surface area contributed by atoms with Crippen LogP contribution in [0.15, 0.2) is 0 Å². The molecule has 0 aliphatic rings. The first kappa shape index (κ1) is 8.09. The molecule has 0 atom stereocenters. The Morgan fingerprint density at radius 1 is 1.67 bits per heavy atom. The number of hydrogen-bond acceptors (Lipinski definition) is 3. The second-order valence-corrected chi connectivity index (χ2v) is 1.93. The van der Waals surface area contributed by atoms with Crippen LogP contribution in [0.5, 0.6) is 0 Å². The topological polar surface area (TPSA) is 92.4 Å². The van der Waals surface area contributed by atoms with Crippen LogP contribution < -0.4 is 10.5 Å². The first-order chi connectivity index (χ1) is 4.13. The number of carbonyl (C=O) groups is 2. The first-order valence-corrected chi connectivity index (χ1v) is 3.00. The largest absolute Gasteiger partial charge is 0.481 e. The molecule has 0 saturated heterocycles. The standard InChI is InChI=1S/C3H6N2O3S/c4-3(8)5-9-1-2(6)7/h1H2,(H,6,7)(H3,4,5,8). The van der Waals surface area contributed by atoms with Gasteiger partial charge in [0.25, 0.3) is 0 Å². The molecule has 5 nitrogen and oxygen atoms in total. The van der Waals surface area contributed by atoms with Crippen molar-refractivity contribution in [3.05, 3.63) is 0 Å². The summed E-state index contributed by atoms with van der Waals surface area (Å²) in [5.74, 6) is -1.17. The third-order valence-corrected chi connectivity index (χ3v) is 1.11. The highest BCUT2D eigenvalue weighted by Crippen LogP contribution is 1.89. The molecule has 0 radical (unpaired) electrons. The molecule has 0 aliphatic heterocycles. The van der Waals surface area contributed by atoms with Crippen LogP contribution in [0.4, 0.5) is 4.79 Å². The zero-order chi connectivity index (χ0) is 7.28. The maximum atomic E-state index is 9.88. The summed E-state index contributed by atoms with van der Waals surface area (Å²) in [5.41, 5.74) is 4.61. The van der Waals surface area contributed by atoms with Gasteiger partial charge >= 0.3 is 12.0 Å². The lowest BCUT2D eigenvalue weighted by atomic mass is 10.8. The van der Waals surface area contributed by atoms with Gasteiger partial charge in [-0.05, 0) is 11.9 Å². The summed E-state index contributed by atoms with van der Waals surface area (Å²) in [7, 11) is 0. The van der Waals surface area contributed by atoms with Crippen molar-refractivity contribution in [2.75, 3.05) is 5.75 Å². The van der Waals surface area contributed by atoms with Crippen molar-refractivity contribution in [2.24, 2.45) is 5.73 Å². The molecule has 0 unspecified atom stereocenters. The highest BCUT2D eigenvalue weighted by Gasteiger charge is 1.96. The minimum atomic E-state index is -0.992. The number of amides is 2. The Kier molecular flexibility index (Phi) is 3.61. The van der Waals surface area contributed by atoms with Crippen molar-refractivity contribution >= 4 is 23.9 Å². The Morgan fingerprint density at radius 2 is 2.22 bits per heavy atom. The van der Waals surface area contributed by atoms with Gasteiger partial charge in [0.1, 0.15) is 5.75 Å². The van der Waals surface area contributed by atoms with E-state index in [-0.39, 0.29) is 5.75 Å². The number of nitrogens with two attached hydrogens (primary N) is 1. The molecular formula is C3H6N2O3S. The Hall–Kier alpha value is -0.910. The van der Waals surface area contributed by atoms with Crippen molar-refractivity contribution in [1.82, 2.24) is 4.72 Å². The van der Waals surface area contributed by atoms with Crippen LogP contribution in [0, 0.1) is 0 Å². The van der Waals surface area contributed by atoms with Gasteiger partial charge in [-0.2, -0.15) is 0 Å². The summed E-state index contributed by atoms with van der Waals surface area (Å²) in [6.07, 6.45) is 0. The third kappa shape index (κ3) is 7.09. The first-order valence-electron chi connectivity index (χ1n) is 2.02. The molecule has 0 aromatic carbocycles. The fraction of sp³-hybridized carbons (Fsp3) is 0.333. The van der Waals surface area contributed by atoms with Crippen LogP contribution in [0.25, 0.3) is 0 Å². The number of rotatable bonds is 3. The number of urea groups is 1. The predicted molar refractivity (Wildman–Crippen MR) is 32.8 cm³/mol. The van der Waals surface area contributed by atoms with Crippen LogP contribution in [0.3, 0.4) is 0 Å². The average Bonchev–Trinajstić information content (AvgIpc) is 1.63. The van der Waals surface area contributed by atoms with Gasteiger partial charge in [0.15, 0.2) is 0 Å². The highest BCUT2D eigenvalue weighted by molar-refractivity contribution is 7.98. The number of carboxylic acid groups (broad SMARTS) is 1. The van der Waals surface area contributed by atoms with E-state index in [4.69, 9.17) is 5.11 Å². The van der Waals surface area contributed by atoms with E-state index in [9.17, 15) is 9.59 Å². The Balaban J connectivity index is 3.10. The monoisotopic (exact) mass is 150 g/mol. The fourth-order valence-electron chi connectivity index (χ4n) is 0.169. The van der Waals surface area contributed by atoms with Gasteiger partial charge in [-0.25, -0.2) is 4.79 Å². The predicted octanol–water partition coefficient (Wildman–Crippen LogP) is -0.612. The second-order valence-electron chi connectivity index (χ2n) is 1.15. The Labute approximate surface area is 55.7 Å². The lowest BCUT2D eigenvalue weighted by molar-refractivity contribution is -0.133. The fourth-order valence-corrected chi connectivity index (χ4v) is 0.507. The molecular weight excluding hydrogens is 144 g/mol. The number of hydrogen-bond donors (Lipinski definition) is 3. The molecule has 0 rings (SSSR count). The number of aliphatic carboxylic acids is 1. The van der Waals surface area contributed by atoms with E-state index in [1.807, 2.05) is 0 Å². The van der Waals surface area contributed by atoms with E-state index in [0.29, 0.717) is 0 Å². The van der Waals surface area contributed by atoms with Gasteiger partial charge in [-0.1, -0.05) is 0 Å². The number of carboxylic acids is 1. The van der Waals surface area contributed by atoms with E-state index in [1.165, 1.54) is 0 Å². The molecule has 0 aliphatic carbocycles. The van der Waals surface area contributed by atoms with Crippen LogP contribution in [0.1, 0.15) is 0 Å². The van der Waals surface area contributed by atoms with Crippen molar-refractivity contribution < 1.29 is 14.7 Å². The molecule has 0 aromatic rings. The molecule has 0 aromatic heterocycles. The van der Waals surface area contributed by atoms with Crippen LogP contribution >= 0.6 is 11.9 Å². The average molecular weight is 150 g/mol. The van der Waals surface area contributed by atoms with Gasteiger partial charge < -0.3 is 10.8 Å². The molecule has 9 heavy (non-hydrogen) atoms. The number of carbonyl (C=O) groups excluding carboxylic acids is 1. The maximum Gasteiger partial charge on any atom is 0.322 e. The molecule has 0 saturated carbocycles. The van der Waals surface area contributed by atoms with E-state index < -0.39 is 12.0 Å². The summed E-state index contributed by atoms with van der Waals surface area (Å²) in [5, 5.41) is 8.01. The number of nitrogens with one attached hydrogen (secondary N) is 1. The Bertz CT molecular complexity index is 112. The molecule has 0 heterocycles. The second kappa shape index (κ2) is 4.02. The SMILES string of the molecule is NC(=O)NSCC(=O)O. The summed E-state index contributed by atoms with van der Waals surface area (Å²) in [4.78, 5) is 19.6. The Morgan fingerprint density at radius 3 is 2.56 bits per heavy atom. The van der Waals surface area contributed by atoms with Gasteiger partial charge in [-0.3, -0.25) is 9.52 Å². The van der Waals surface area contributed by atoms with Crippen molar-refractivity contribution in [3.8, 4) is 0 Å². The van der Waals surface area contributed by atoms with Crippen LogP contribution in [0.2, 0.25) is 0 Å². The zero-order valence-electron chi connectivity index (χ0n) is 4.46. The van der Waals surface area contributed by atoms with Gasteiger partial charge in [0, 0.05) is 0 Å². The smallest absolute Gasteiger partial charge is 0.322 e. The van der Waals surface area contributed by atoms with E-state index in [2.05, 4.69) is 10.5 Å². The maximum absolute atomic E-state index is 9.88. The molecule has 2 amide bonds. The quantitative estimate of drug-likeness (QED) is 0.468. The number of primary amides is 1. The van der Waals surface area contributed by atoms with Gasteiger partial charge in [0.05, 0.1) is 0 Å². The van der Waals surface area contributed by atoms with Crippen molar-refractivity contribution in [1.29, 1.82) is 0 Å². The summed E-state index contributed by atoms with van der Waals surface area (Å²) >= 11 is 0.745. The van der Waals surface area contributed by atoms with Crippen LogP contribution in [-0.2, 0) is 4.79 Å². The molecule has 52 valence electrons. The van der Waals surface area contributed by atoms with Gasteiger partial charge in [-0.15, -0.1) is 0 Å². The lowest BCUT2D eigenvalue weighted by Crippen LogP contribution is -2.24. The minimum absolute atomic E-state index is 0.178. The third-order valence-electron chi connectivity index (χ3n) is 0.368. The van der Waals surface area contributed by atoms with E-state index >= 15 is 0 Å². The van der Waals surface area contributed by atoms with Crippen molar-refractivity contribution in [3.63, 3.8) is 0 Å². The lowest BCUT2D eigenvalue weighted by Gasteiger charge is -1.94. The van der Waals surface area contributed by atoms with E-state index in [0.717, 1.165) is 11.9 Å². The van der Waals surface area contributed by atoms with Crippen molar-refractivity contribution in [2.45, 2.75) is 0 Å². The van der Waals surface area contributed by atoms with Crippen LogP contribution in [-0.4, -0.2) is 22.9 Å². The van der Waals surface area contributed by atoms with E-state index in [1.54, 1.807) is 0 Å². The van der Waals surface area contributed by atoms with Gasteiger partial charge in [0.2, 0.25) is 0 Å². The molecule has 6 heteroatoms.